The normalized spacial score (nSPS) is 27.9. The Morgan fingerprint density at radius 1 is 1.12 bits per heavy atom. The van der Waals surface area contributed by atoms with Crippen LogP contribution in [0.15, 0.2) is 30.3 Å². The Hall–Kier alpha value is -2.11. The number of hydrogen-bond acceptors (Lipinski definition) is 4. The molecule has 0 aliphatic heterocycles. The van der Waals surface area contributed by atoms with E-state index in [1.165, 1.54) is 25.3 Å². The Bertz CT molecular complexity index is 1090. The van der Waals surface area contributed by atoms with Crippen molar-refractivity contribution in [3.63, 3.8) is 0 Å². The highest BCUT2D eigenvalue weighted by Crippen LogP contribution is 2.60. The van der Waals surface area contributed by atoms with Crippen LogP contribution in [0.5, 0.6) is 0 Å². The topological polar surface area (TPSA) is 61.2 Å². The summed E-state index contributed by atoms with van der Waals surface area (Å²) in [5.41, 5.74) is 1.99. The highest BCUT2D eigenvalue weighted by atomic mass is 35.5. The van der Waals surface area contributed by atoms with Gasteiger partial charge in [0.25, 0.3) is 0 Å². The third kappa shape index (κ3) is 4.50. The summed E-state index contributed by atoms with van der Waals surface area (Å²) in [6.45, 7) is 2.11. The van der Waals surface area contributed by atoms with E-state index in [0.717, 1.165) is 24.8 Å². The third-order valence-corrected chi connectivity index (χ3v) is 8.52. The van der Waals surface area contributed by atoms with Gasteiger partial charge in [-0.2, -0.15) is 5.10 Å². The lowest BCUT2D eigenvalue weighted by molar-refractivity contribution is -0.155. The van der Waals surface area contributed by atoms with Gasteiger partial charge in [-0.25, -0.2) is 9.48 Å². The van der Waals surface area contributed by atoms with E-state index in [-0.39, 0.29) is 17.8 Å². The van der Waals surface area contributed by atoms with Crippen LogP contribution in [0, 0.1) is 30.1 Å². The average Bonchev–Trinajstić information content (AvgIpc) is 3.03. The van der Waals surface area contributed by atoms with Crippen molar-refractivity contribution < 1.29 is 14.3 Å². The van der Waals surface area contributed by atoms with E-state index < -0.39 is 5.97 Å². The summed E-state index contributed by atoms with van der Waals surface area (Å²) >= 11 is 12.8. The molecule has 6 rings (SSSR count). The van der Waals surface area contributed by atoms with Crippen molar-refractivity contribution >= 4 is 41.0 Å². The molecule has 7 heteroatoms. The summed E-state index contributed by atoms with van der Waals surface area (Å²) in [5.74, 6) is 1.61. The molecule has 0 radical (unpaired) electrons. The number of ether oxygens (including phenoxy) is 1. The van der Waals surface area contributed by atoms with Crippen molar-refractivity contribution in [1.29, 1.82) is 0 Å². The maximum absolute atomic E-state index is 13.0. The van der Waals surface area contributed by atoms with Crippen LogP contribution in [0.2, 0.25) is 10.2 Å². The Kier molecular flexibility index (Phi) is 6.13. The van der Waals surface area contributed by atoms with Crippen molar-refractivity contribution in [3.8, 4) is 0 Å². The lowest BCUT2D eigenvalue weighted by Crippen LogP contribution is -2.51. The lowest BCUT2D eigenvalue weighted by atomic mass is 9.48. The van der Waals surface area contributed by atoms with E-state index in [4.69, 9.17) is 27.9 Å². The standard InChI is InChI=1S/C26H28Cl2N2O3/c1-16-21(25(28)30(29-16)14-20-4-2-3-5-22(20)27)6-7-24(32)33-15-23(31)26-11-17-8-18(12-26)10-19(9-17)13-26/h2-7,17-19H,8-15H2,1H3. The van der Waals surface area contributed by atoms with Crippen LogP contribution in [-0.2, 0) is 20.9 Å². The molecule has 5 nitrogen and oxygen atoms in total. The fraction of sp³-hybridized carbons (Fsp3) is 0.500. The van der Waals surface area contributed by atoms with Crippen LogP contribution in [0.25, 0.3) is 6.08 Å². The molecule has 33 heavy (non-hydrogen) atoms. The molecule has 4 aliphatic rings. The zero-order chi connectivity index (χ0) is 23.2. The monoisotopic (exact) mass is 486 g/mol. The molecule has 1 aromatic carbocycles. The molecule has 2 aromatic rings. The lowest BCUT2D eigenvalue weighted by Gasteiger charge is -2.55. The van der Waals surface area contributed by atoms with Crippen LogP contribution in [-0.4, -0.2) is 28.1 Å². The molecule has 4 saturated carbocycles. The van der Waals surface area contributed by atoms with E-state index in [0.29, 0.717) is 45.7 Å². The molecular weight excluding hydrogens is 459 g/mol. The van der Waals surface area contributed by atoms with Gasteiger partial charge < -0.3 is 4.74 Å². The first-order chi connectivity index (χ1) is 15.8. The second-order valence-corrected chi connectivity index (χ2v) is 10.9. The number of halogens is 2. The molecule has 0 spiro atoms. The number of rotatable bonds is 7. The van der Waals surface area contributed by atoms with Gasteiger partial charge in [-0.3, -0.25) is 4.79 Å². The number of aromatic nitrogens is 2. The highest BCUT2D eigenvalue weighted by molar-refractivity contribution is 6.32. The molecule has 0 N–H and O–H groups in total. The Labute approximate surface area is 204 Å². The summed E-state index contributed by atoms with van der Waals surface area (Å²) in [5, 5.41) is 5.54. The van der Waals surface area contributed by atoms with Crippen molar-refractivity contribution in [2.24, 2.45) is 23.2 Å². The zero-order valence-corrected chi connectivity index (χ0v) is 20.2. The van der Waals surface area contributed by atoms with E-state index in [1.54, 1.807) is 10.8 Å². The summed E-state index contributed by atoms with van der Waals surface area (Å²) in [4.78, 5) is 25.4. The molecule has 4 aliphatic carbocycles. The minimum Gasteiger partial charge on any atom is -0.455 e. The second kappa shape index (κ2) is 8.92. The van der Waals surface area contributed by atoms with Crippen LogP contribution >= 0.6 is 23.2 Å². The van der Waals surface area contributed by atoms with Gasteiger partial charge in [-0.1, -0.05) is 41.4 Å². The van der Waals surface area contributed by atoms with Crippen molar-refractivity contribution in [3.05, 3.63) is 57.3 Å². The van der Waals surface area contributed by atoms with Gasteiger partial charge in [0.1, 0.15) is 5.15 Å². The number of carbonyl (C=O) groups excluding carboxylic acids is 2. The van der Waals surface area contributed by atoms with Crippen LogP contribution in [0.4, 0.5) is 0 Å². The molecule has 0 amide bonds. The zero-order valence-electron chi connectivity index (χ0n) is 18.7. The fourth-order valence-corrected chi connectivity index (χ4v) is 7.08. The molecule has 174 valence electrons. The highest BCUT2D eigenvalue weighted by Gasteiger charge is 2.54. The summed E-state index contributed by atoms with van der Waals surface area (Å²) in [6.07, 6.45) is 9.69. The van der Waals surface area contributed by atoms with Crippen LogP contribution < -0.4 is 0 Å². The molecule has 1 heterocycles. The van der Waals surface area contributed by atoms with Crippen molar-refractivity contribution in [1.82, 2.24) is 9.78 Å². The molecule has 4 bridgehead atoms. The smallest absolute Gasteiger partial charge is 0.331 e. The largest absolute Gasteiger partial charge is 0.455 e. The SMILES string of the molecule is Cc1nn(Cc2ccccc2Cl)c(Cl)c1C=CC(=O)OCC(=O)C12CC3CC(CC(C3)C1)C2. The first kappa shape index (κ1) is 22.7. The number of aryl methyl sites for hydroxylation is 1. The number of benzene rings is 1. The van der Waals surface area contributed by atoms with E-state index >= 15 is 0 Å². The van der Waals surface area contributed by atoms with Crippen molar-refractivity contribution in [2.45, 2.75) is 52.0 Å². The summed E-state index contributed by atoms with van der Waals surface area (Å²) < 4.78 is 7.00. The second-order valence-electron chi connectivity index (χ2n) is 10.1. The number of hydrogen-bond donors (Lipinski definition) is 0. The van der Waals surface area contributed by atoms with Crippen LogP contribution in [0.1, 0.15) is 55.3 Å². The van der Waals surface area contributed by atoms with E-state index in [2.05, 4.69) is 5.10 Å². The van der Waals surface area contributed by atoms with Gasteiger partial charge in [0.05, 0.1) is 12.2 Å². The van der Waals surface area contributed by atoms with Crippen LogP contribution in [0.3, 0.4) is 0 Å². The van der Waals surface area contributed by atoms with E-state index in [9.17, 15) is 9.59 Å². The number of ketones is 1. The van der Waals surface area contributed by atoms with E-state index in [1.807, 2.05) is 31.2 Å². The van der Waals surface area contributed by atoms with Gasteiger partial charge in [-0.15, -0.1) is 0 Å². The molecule has 0 atom stereocenters. The Morgan fingerprint density at radius 3 is 2.39 bits per heavy atom. The fourth-order valence-electron chi connectivity index (χ4n) is 6.59. The molecule has 4 fully saturated rings. The molecule has 1 aromatic heterocycles. The predicted molar refractivity (Wildman–Crippen MR) is 128 cm³/mol. The minimum atomic E-state index is -0.539. The van der Waals surface area contributed by atoms with Gasteiger partial charge >= 0.3 is 5.97 Å². The quantitative estimate of drug-likeness (QED) is 0.361. The minimum absolute atomic E-state index is 0.102. The van der Waals surface area contributed by atoms with Crippen molar-refractivity contribution in [2.75, 3.05) is 6.61 Å². The predicted octanol–water partition coefficient (Wildman–Crippen LogP) is 5.89. The molecular formula is C26H28Cl2N2O3. The third-order valence-electron chi connectivity index (χ3n) is 7.75. The molecule has 0 unspecified atom stereocenters. The van der Waals surface area contributed by atoms with Gasteiger partial charge in [0.15, 0.2) is 12.4 Å². The Morgan fingerprint density at radius 2 is 1.76 bits per heavy atom. The van der Waals surface area contributed by atoms with Gasteiger partial charge in [0, 0.05) is 22.1 Å². The number of Topliss-reactive ketones (excluding diaryl/α,β-unsaturated/α-hetero) is 1. The first-order valence-electron chi connectivity index (χ1n) is 11.7. The van der Waals surface area contributed by atoms with Gasteiger partial charge in [-0.05, 0) is 80.9 Å². The molecule has 0 saturated heterocycles. The Balaban J connectivity index is 1.20. The maximum Gasteiger partial charge on any atom is 0.331 e. The number of esters is 1. The maximum atomic E-state index is 13.0. The average molecular weight is 487 g/mol. The summed E-state index contributed by atoms with van der Waals surface area (Å²) in [6, 6.07) is 7.52. The summed E-state index contributed by atoms with van der Waals surface area (Å²) in [7, 11) is 0. The van der Waals surface area contributed by atoms with Gasteiger partial charge in [0.2, 0.25) is 0 Å². The first-order valence-corrected chi connectivity index (χ1v) is 12.4. The number of nitrogens with zero attached hydrogens (tertiary/aromatic N) is 2. The number of carbonyl (C=O) groups is 2.